The van der Waals surface area contributed by atoms with Gasteiger partial charge in [-0.2, -0.15) is 5.26 Å². The van der Waals surface area contributed by atoms with Gasteiger partial charge in [0.15, 0.2) is 5.78 Å². The Balaban J connectivity index is 2.51. The number of hydrogen-bond acceptors (Lipinski definition) is 2. The van der Waals surface area contributed by atoms with Crippen LogP contribution in [0.25, 0.3) is 11.1 Å². The van der Waals surface area contributed by atoms with E-state index < -0.39 is 0 Å². The monoisotopic (exact) mass is 291 g/mol. The summed E-state index contributed by atoms with van der Waals surface area (Å²) >= 11 is 0. The summed E-state index contributed by atoms with van der Waals surface area (Å²) < 4.78 is 0. The van der Waals surface area contributed by atoms with Crippen molar-refractivity contribution in [3.63, 3.8) is 0 Å². The molecule has 0 fully saturated rings. The summed E-state index contributed by atoms with van der Waals surface area (Å²) in [6.45, 7) is 6.08. The van der Waals surface area contributed by atoms with Crippen LogP contribution in [-0.4, -0.2) is 5.78 Å². The van der Waals surface area contributed by atoms with Gasteiger partial charge in [0.05, 0.1) is 11.6 Å². The molecule has 2 nitrogen and oxygen atoms in total. The Hall–Kier alpha value is -2.40. The van der Waals surface area contributed by atoms with Crippen molar-refractivity contribution in [1.82, 2.24) is 0 Å². The van der Waals surface area contributed by atoms with E-state index >= 15 is 0 Å². The molecule has 0 aliphatic heterocycles. The van der Waals surface area contributed by atoms with E-state index in [1.54, 1.807) is 6.07 Å². The normalized spacial score (nSPS) is 11.7. The van der Waals surface area contributed by atoms with Gasteiger partial charge in [0.2, 0.25) is 0 Å². The van der Waals surface area contributed by atoms with E-state index in [0.717, 1.165) is 35.1 Å². The van der Waals surface area contributed by atoms with Crippen molar-refractivity contribution in [3.8, 4) is 17.2 Å². The molecule has 2 aromatic rings. The molecule has 0 saturated carbocycles. The van der Waals surface area contributed by atoms with Crippen LogP contribution in [0.5, 0.6) is 0 Å². The molecule has 1 atom stereocenters. The molecule has 112 valence electrons. The summed E-state index contributed by atoms with van der Waals surface area (Å²) in [4.78, 5) is 12.6. The van der Waals surface area contributed by atoms with Crippen molar-refractivity contribution in [2.75, 3.05) is 0 Å². The number of aryl methyl sites for hydroxylation is 1. The molecule has 2 rings (SSSR count). The molecule has 0 aromatic heterocycles. The topological polar surface area (TPSA) is 40.9 Å². The Kier molecular flexibility index (Phi) is 5.12. The fourth-order valence-electron chi connectivity index (χ4n) is 2.51. The van der Waals surface area contributed by atoms with E-state index in [9.17, 15) is 4.79 Å². The summed E-state index contributed by atoms with van der Waals surface area (Å²) in [6, 6.07) is 15.7. The molecule has 0 heterocycles. The smallest absolute Gasteiger partial charge is 0.165 e. The fraction of sp³-hybridized carbons (Fsp3) is 0.300. The van der Waals surface area contributed by atoms with Gasteiger partial charge in [-0.15, -0.1) is 0 Å². The highest BCUT2D eigenvalue weighted by Crippen LogP contribution is 2.26. The van der Waals surface area contributed by atoms with Gasteiger partial charge in [0.25, 0.3) is 0 Å². The van der Waals surface area contributed by atoms with Crippen LogP contribution in [0.1, 0.15) is 48.7 Å². The van der Waals surface area contributed by atoms with E-state index in [1.807, 2.05) is 50.2 Å². The first-order chi connectivity index (χ1) is 10.6. The predicted octanol–water partition coefficient (Wildman–Crippen LogP) is 5.02. The molecule has 0 spiro atoms. The highest BCUT2D eigenvalue weighted by molar-refractivity contribution is 6.00. The number of carbonyl (C=O) groups is 1. The molecular weight excluding hydrogens is 270 g/mol. The lowest BCUT2D eigenvalue weighted by atomic mass is 9.90. The van der Waals surface area contributed by atoms with Crippen LogP contribution in [-0.2, 0) is 6.42 Å². The van der Waals surface area contributed by atoms with E-state index in [2.05, 4.69) is 13.0 Å². The van der Waals surface area contributed by atoms with Crippen LogP contribution in [0.2, 0.25) is 0 Å². The zero-order chi connectivity index (χ0) is 16.1. The quantitative estimate of drug-likeness (QED) is 0.726. The minimum Gasteiger partial charge on any atom is -0.294 e. The third-order valence-corrected chi connectivity index (χ3v) is 4.14. The SMILES string of the molecule is CCc1ccc(-c2cccc(C#N)c2)cc1C(=O)C(C)CC. The number of Topliss-reactive ketones (excluding diaryl/α,β-unsaturated/α-hetero) is 1. The lowest BCUT2D eigenvalue weighted by molar-refractivity contribution is 0.0926. The van der Waals surface area contributed by atoms with Crippen LogP contribution >= 0.6 is 0 Å². The summed E-state index contributed by atoms with van der Waals surface area (Å²) in [5.74, 6) is 0.239. The third-order valence-electron chi connectivity index (χ3n) is 4.14. The number of nitriles is 1. The predicted molar refractivity (Wildman–Crippen MR) is 89.8 cm³/mol. The maximum atomic E-state index is 12.6. The van der Waals surface area contributed by atoms with Crippen molar-refractivity contribution in [2.45, 2.75) is 33.6 Å². The summed E-state index contributed by atoms with van der Waals surface area (Å²) in [5.41, 5.74) is 4.50. The first-order valence-electron chi connectivity index (χ1n) is 7.78. The maximum Gasteiger partial charge on any atom is 0.165 e. The maximum absolute atomic E-state index is 12.6. The highest BCUT2D eigenvalue weighted by atomic mass is 16.1. The molecule has 0 aliphatic rings. The van der Waals surface area contributed by atoms with E-state index in [4.69, 9.17) is 5.26 Å². The van der Waals surface area contributed by atoms with Crippen LogP contribution in [0.15, 0.2) is 42.5 Å². The standard InChI is InChI=1S/C20H21NO/c1-4-14(3)20(22)19-12-18(10-9-16(19)5-2)17-8-6-7-15(11-17)13-21/h6-12,14H,4-5H2,1-3H3. The second-order valence-corrected chi connectivity index (χ2v) is 5.59. The van der Waals surface area contributed by atoms with Crippen LogP contribution in [0.3, 0.4) is 0 Å². The molecule has 2 heteroatoms. The Bertz CT molecular complexity index is 725. The number of carbonyl (C=O) groups excluding carboxylic acids is 1. The van der Waals surface area contributed by atoms with Gasteiger partial charge in [0, 0.05) is 11.5 Å². The number of hydrogen-bond donors (Lipinski definition) is 0. The lowest BCUT2D eigenvalue weighted by Crippen LogP contribution is -2.12. The van der Waals surface area contributed by atoms with Gasteiger partial charge >= 0.3 is 0 Å². The number of rotatable bonds is 5. The molecule has 0 saturated heterocycles. The van der Waals surface area contributed by atoms with Crippen LogP contribution in [0, 0.1) is 17.2 Å². The minimum atomic E-state index is 0.0333. The Morgan fingerprint density at radius 1 is 1.14 bits per heavy atom. The van der Waals surface area contributed by atoms with Gasteiger partial charge in [-0.05, 0) is 47.7 Å². The third kappa shape index (κ3) is 3.26. The second-order valence-electron chi connectivity index (χ2n) is 5.59. The molecule has 22 heavy (non-hydrogen) atoms. The number of ketones is 1. The van der Waals surface area contributed by atoms with E-state index in [-0.39, 0.29) is 11.7 Å². The Labute approximate surface area is 132 Å². The van der Waals surface area contributed by atoms with Gasteiger partial charge in [0.1, 0.15) is 0 Å². The van der Waals surface area contributed by atoms with Crippen molar-refractivity contribution in [2.24, 2.45) is 5.92 Å². The summed E-state index contributed by atoms with van der Waals surface area (Å²) in [6.07, 6.45) is 1.69. The van der Waals surface area contributed by atoms with Gasteiger partial charge < -0.3 is 0 Å². The van der Waals surface area contributed by atoms with Gasteiger partial charge in [-0.3, -0.25) is 4.79 Å². The number of benzene rings is 2. The first kappa shape index (κ1) is 16.0. The second kappa shape index (κ2) is 7.04. The average Bonchev–Trinajstić information content (AvgIpc) is 2.59. The Morgan fingerprint density at radius 3 is 2.50 bits per heavy atom. The van der Waals surface area contributed by atoms with Gasteiger partial charge in [-0.25, -0.2) is 0 Å². The summed E-state index contributed by atoms with van der Waals surface area (Å²) in [7, 11) is 0. The Morgan fingerprint density at radius 2 is 1.86 bits per heavy atom. The molecule has 1 unspecified atom stereocenters. The molecule has 0 N–H and O–H groups in total. The molecular formula is C20H21NO. The van der Waals surface area contributed by atoms with Crippen molar-refractivity contribution in [3.05, 3.63) is 59.2 Å². The molecule has 0 bridgehead atoms. The van der Waals surface area contributed by atoms with Crippen LogP contribution in [0.4, 0.5) is 0 Å². The zero-order valence-corrected chi connectivity index (χ0v) is 13.4. The zero-order valence-electron chi connectivity index (χ0n) is 13.4. The van der Waals surface area contributed by atoms with Crippen molar-refractivity contribution >= 4 is 5.78 Å². The molecule has 0 aliphatic carbocycles. The van der Waals surface area contributed by atoms with E-state index in [0.29, 0.717) is 5.56 Å². The first-order valence-corrected chi connectivity index (χ1v) is 7.78. The number of nitrogens with zero attached hydrogens (tertiary/aromatic N) is 1. The van der Waals surface area contributed by atoms with Gasteiger partial charge in [-0.1, -0.05) is 45.0 Å². The minimum absolute atomic E-state index is 0.0333. The largest absolute Gasteiger partial charge is 0.294 e. The average molecular weight is 291 g/mol. The summed E-state index contributed by atoms with van der Waals surface area (Å²) in [5, 5.41) is 9.03. The highest BCUT2D eigenvalue weighted by Gasteiger charge is 2.17. The van der Waals surface area contributed by atoms with Crippen molar-refractivity contribution in [1.29, 1.82) is 5.26 Å². The van der Waals surface area contributed by atoms with Crippen molar-refractivity contribution < 1.29 is 4.79 Å². The molecule has 2 aromatic carbocycles. The molecule has 0 amide bonds. The van der Waals surface area contributed by atoms with E-state index in [1.165, 1.54) is 0 Å². The lowest BCUT2D eigenvalue weighted by Gasteiger charge is -2.13. The molecule has 0 radical (unpaired) electrons. The fourth-order valence-corrected chi connectivity index (χ4v) is 2.51. The van der Waals surface area contributed by atoms with Crippen LogP contribution < -0.4 is 0 Å².